The summed E-state index contributed by atoms with van der Waals surface area (Å²) in [7, 11) is 1.98. The molecule has 6 heteroatoms. The number of ether oxygens (including phenoxy) is 1. The molecule has 2 aromatic heterocycles. The highest BCUT2D eigenvalue weighted by atomic mass is 32.1. The van der Waals surface area contributed by atoms with Gasteiger partial charge in [0.15, 0.2) is 0 Å². The average Bonchev–Trinajstić information content (AvgIpc) is 2.98. The molecule has 2 atom stereocenters. The average molecular weight is 346 g/mol. The van der Waals surface area contributed by atoms with E-state index >= 15 is 0 Å². The maximum atomic E-state index is 6.30. The third kappa shape index (κ3) is 3.87. The van der Waals surface area contributed by atoms with Gasteiger partial charge in [0.1, 0.15) is 0 Å². The van der Waals surface area contributed by atoms with Crippen LogP contribution in [0, 0.1) is 12.8 Å². The van der Waals surface area contributed by atoms with Crippen LogP contribution in [0.25, 0.3) is 0 Å². The molecule has 1 saturated carbocycles. The van der Waals surface area contributed by atoms with E-state index in [1.54, 1.807) is 11.3 Å². The number of rotatable bonds is 7. The molecule has 1 saturated heterocycles. The van der Waals surface area contributed by atoms with Crippen LogP contribution in [0.2, 0.25) is 0 Å². The molecule has 4 rings (SSSR count). The quantitative estimate of drug-likeness (QED) is 0.773. The zero-order chi connectivity index (χ0) is 16.5. The van der Waals surface area contributed by atoms with Crippen molar-refractivity contribution in [3.63, 3.8) is 0 Å². The smallest absolute Gasteiger partial charge is 0.0897 e. The number of aryl methyl sites for hydroxylation is 2. The number of nitrogens with zero attached hydrogens (tertiary/aromatic N) is 4. The van der Waals surface area contributed by atoms with Gasteiger partial charge in [0.25, 0.3) is 0 Å². The predicted octanol–water partition coefficient (Wildman–Crippen LogP) is 2.80. The monoisotopic (exact) mass is 346 g/mol. The molecule has 1 aliphatic carbocycles. The molecule has 3 heterocycles. The van der Waals surface area contributed by atoms with Gasteiger partial charge in [-0.3, -0.25) is 9.58 Å². The van der Waals surface area contributed by atoms with E-state index in [0.717, 1.165) is 43.5 Å². The Hall–Kier alpha value is -1.24. The fourth-order valence-corrected chi connectivity index (χ4v) is 4.19. The second-order valence-corrected chi connectivity index (χ2v) is 8.29. The topological polar surface area (TPSA) is 43.2 Å². The summed E-state index contributed by atoms with van der Waals surface area (Å²) in [4.78, 5) is 7.20. The molecule has 0 unspecified atom stereocenters. The van der Waals surface area contributed by atoms with Crippen LogP contribution in [0.15, 0.2) is 17.8 Å². The van der Waals surface area contributed by atoms with E-state index in [0.29, 0.717) is 12.1 Å². The molecule has 0 aromatic carbocycles. The molecule has 0 N–H and O–H groups in total. The lowest BCUT2D eigenvalue weighted by atomic mass is 10.0. The minimum absolute atomic E-state index is 0.338. The molecule has 130 valence electrons. The van der Waals surface area contributed by atoms with Crippen LogP contribution >= 0.6 is 11.3 Å². The van der Waals surface area contributed by atoms with Gasteiger partial charge in [0.05, 0.1) is 23.0 Å². The molecule has 0 spiro atoms. The van der Waals surface area contributed by atoms with Crippen LogP contribution in [0.3, 0.4) is 0 Å². The Morgan fingerprint density at radius 2 is 2.21 bits per heavy atom. The summed E-state index contributed by atoms with van der Waals surface area (Å²) in [5.41, 5.74) is 2.49. The van der Waals surface area contributed by atoms with Gasteiger partial charge < -0.3 is 4.74 Å². The van der Waals surface area contributed by atoms with Crippen LogP contribution in [0.1, 0.15) is 35.5 Å². The summed E-state index contributed by atoms with van der Waals surface area (Å²) in [6.07, 6.45) is 9.28. The van der Waals surface area contributed by atoms with Gasteiger partial charge in [-0.1, -0.05) is 0 Å². The van der Waals surface area contributed by atoms with Crippen LogP contribution in [-0.2, 0) is 24.8 Å². The standard InChI is InChI=1S/C18H26N4OS/c1-13-20-16(12-24-13)10-22-6-5-18(23-11-14-3-4-14)17(22)7-15-8-19-21(2)9-15/h8-9,12,14,17-18H,3-7,10-11H2,1-2H3/t17-,18-/m0/s1. The van der Waals surface area contributed by atoms with Crippen molar-refractivity contribution < 1.29 is 4.74 Å². The summed E-state index contributed by atoms with van der Waals surface area (Å²) in [5, 5.41) is 7.66. The summed E-state index contributed by atoms with van der Waals surface area (Å²) in [5.74, 6) is 0.819. The van der Waals surface area contributed by atoms with Crippen molar-refractivity contribution in [2.45, 2.75) is 51.3 Å². The maximum Gasteiger partial charge on any atom is 0.0897 e. The third-order valence-electron chi connectivity index (χ3n) is 5.08. The van der Waals surface area contributed by atoms with Crippen molar-refractivity contribution in [3.05, 3.63) is 34.0 Å². The zero-order valence-corrected chi connectivity index (χ0v) is 15.3. The molecule has 2 aromatic rings. The Labute approximate surface area is 147 Å². The van der Waals surface area contributed by atoms with Crippen LogP contribution < -0.4 is 0 Å². The van der Waals surface area contributed by atoms with Crippen LogP contribution in [0.5, 0.6) is 0 Å². The first-order chi connectivity index (χ1) is 11.7. The molecule has 24 heavy (non-hydrogen) atoms. The Morgan fingerprint density at radius 1 is 1.33 bits per heavy atom. The zero-order valence-electron chi connectivity index (χ0n) is 14.5. The predicted molar refractivity (Wildman–Crippen MR) is 95.0 cm³/mol. The molecule has 0 bridgehead atoms. The molecule has 0 radical (unpaired) electrons. The minimum Gasteiger partial charge on any atom is -0.376 e. The fourth-order valence-electron chi connectivity index (χ4n) is 3.59. The lowest BCUT2D eigenvalue weighted by Crippen LogP contribution is -2.38. The lowest BCUT2D eigenvalue weighted by molar-refractivity contribution is 0.0195. The summed E-state index contributed by atoms with van der Waals surface area (Å²) >= 11 is 1.74. The maximum absolute atomic E-state index is 6.30. The highest BCUT2D eigenvalue weighted by molar-refractivity contribution is 7.09. The van der Waals surface area contributed by atoms with Gasteiger partial charge in [-0.15, -0.1) is 11.3 Å². The van der Waals surface area contributed by atoms with E-state index in [-0.39, 0.29) is 0 Å². The molecular weight excluding hydrogens is 320 g/mol. The number of hydrogen-bond acceptors (Lipinski definition) is 5. The lowest BCUT2D eigenvalue weighted by Gasteiger charge is -2.27. The van der Waals surface area contributed by atoms with Crippen molar-refractivity contribution in [1.82, 2.24) is 19.7 Å². The number of thiazole rings is 1. The van der Waals surface area contributed by atoms with Crippen molar-refractivity contribution in [2.24, 2.45) is 13.0 Å². The van der Waals surface area contributed by atoms with Crippen molar-refractivity contribution in [3.8, 4) is 0 Å². The Bertz CT molecular complexity index is 678. The van der Waals surface area contributed by atoms with E-state index in [2.05, 4.69) is 33.5 Å². The second-order valence-electron chi connectivity index (χ2n) is 7.23. The van der Waals surface area contributed by atoms with E-state index in [4.69, 9.17) is 4.74 Å². The van der Waals surface area contributed by atoms with Gasteiger partial charge in [-0.2, -0.15) is 5.10 Å². The van der Waals surface area contributed by atoms with Gasteiger partial charge >= 0.3 is 0 Å². The summed E-state index contributed by atoms with van der Waals surface area (Å²) in [6.45, 7) is 5.04. The van der Waals surface area contributed by atoms with Crippen molar-refractivity contribution in [1.29, 1.82) is 0 Å². The highest BCUT2D eigenvalue weighted by Gasteiger charge is 2.36. The number of aromatic nitrogens is 3. The van der Waals surface area contributed by atoms with Crippen LogP contribution in [-0.4, -0.2) is 45.0 Å². The van der Waals surface area contributed by atoms with E-state index in [1.807, 2.05) is 17.9 Å². The molecule has 2 fully saturated rings. The second kappa shape index (κ2) is 6.94. The van der Waals surface area contributed by atoms with Crippen molar-refractivity contribution in [2.75, 3.05) is 13.2 Å². The first-order valence-corrected chi connectivity index (χ1v) is 9.79. The summed E-state index contributed by atoms with van der Waals surface area (Å²) in [6, 6.07) is 0.426. The van der Waals surface area contributed by atoms with Crippen molar-refractivity contribution >= 4 is 11.3 Å². The number of hydrogen-bond donors (Lipinski definition) is 0. The largest absolute Gasteiger partial charge is 0.376 e. The Kier molecular flexibility index (Phi) is 4.70. The van der Waals surface area contributed by atoms with E-state index in [9.17, 15) is 0 Å². The third-order valence-corrected chi connectivity index (χ3v) is 5.90. The summed E-state index contributed by atoms with van der Waals surface area (Å²) < 4.78 is 8.19. The Morgan fingerprint density at radius 3 is 2.88 bits per heavy atom. The first kappa shape index (κ1) is 16.2. The molecular formula is C18H26N4OS. The van der Waals surface area contributed by atoms with Crippen LogP contribution in [0.4, 0.5) is 0 Å². The Balaban J connectivity index is 1.45. The normalized spacial score (nSPS) is 24.8. The van der Waals surface area contributed by atoms with Gasteiger partial charge in [0, 0.05) is 44.4 Å². The minimum atomic E-state index is 0.338. The first-order valence-electron chi connectivity index (χ1n) is 8.91. The highest BCUT2D eigenvalue weighted by Crippen LogP contribution is 2.32. The SMILES string of the molecule is Cc1nc(CN2CC[C@H](OCC3CC3)[C@@H]2Cc2cnn(C)c2)cs1. The van der Waals surface area contributed by atoms with Gasteiger partial charge in [-0.25, -0.2) is 4.98 Å². The fraction of sp³-hybridized carbons (Fsp3) is 0.667. The molecule has 1 aliphatic heterocycles. The molecule has 2 aliphatic rings. The molecule has 5 nitrogen and oxygen atoms in total. The number of likely N-dealkylation sites (tertiary alicyclic amines) is 1. The van der Waals surface area contributed by atoms with E-state index in [1.165, 1.54) is 24.1 Å². The molecule has 0 amide bonds. The van der Waals surface area contributed by atoms with Gasteiger partial charge in [-0.05, 0) is 44.1 Å². The van der Waals surface area contributed by atoms with Gasteiger partial charge in [0.2, 0.25) is 0 Å². The van der Waals surface area contributed by atoms with E-state index < -0.39 is 0 Å².